The van der Waals surface area contributed by atoms with Crippen LogP contribution in [-0.4, -0.2) is 44.6 Å². The van der Waals surface area contributed by atoms with Crippen LogP contribution >= 0.6 is 0 Å². The summed E-state index contributed by atoms with van der Waals surface area (Å²) in [4.78, 5) is 4.24. The highest BCUT2D eigenvalue weighted by Crippen LogP contribution is 2.23. The molecule has 25 heavy (non-hydrogen) atoms. The summed E-state index contributed by atoms with van der Waals surface area (Å²) in [7, 11) is 0. The van der Waals surface area contributed by atoms with E-state index in [4.69, 9.17) is 4.74 Å². The van der Waals surface area contributed by atoms with Crippen molar-refractivity contribution in [1.82, 2.24) is 25.2 Å². The molecule has 0 unspecified atom stereocenters. The maximum atomic E-state index is 12.0. The van der Waals surface area contributed by atoms with E-state index in [-0.39, 0.29) is 19.8 Å². The van der Waals surface area contributed by atoms with Crippen molar-refractivity contribution >= 4 is 10.9 Å². The summed E-state index contributed by atoms with van der Waals surface area (Å²) in [5.74, 6) is 1.00. The third kappa shape index (κ3) is 4.63. The fourth-order valence-corrected chi connectivity index (χ4v) is 2.18. The summed E-state index contributed by atoms with van der Waals surface area (Å²) in [6.45, 7) is -1.29. The molecule has 0 aliphatic rings. The smallest absolute Gasteiger partial charge is 0.411 e. The number of ether oxygens (including phenoxy) is 2. The van der Waals surface area contributed by atoms with Crippen molar-refractivity contribution in [2.75, 3.05) is 13.2 Å². The van der Waals surface area contributed by atoms with E-state index in [2.05, 4.69) is 25.2 Å². The molecule has 2 aromatic heterocycles. The second-order valence-electron chi connectivity index (χ2n) is 5.10. The first-order valence-corrected chi connectivity index (χ1v) is 7.39. The van der Waals surface area contributed by atoms with Crippen molar-refractivity contribution in [3.63, 3.8) is 0 Å². The molecule has 132 valence electrons. The topological polar surface area (TPSA) is 75.0 Å². The molecule has 0 radical (unpaired) electrons. The zero-order valence-electron chi connectivity index (χ0n) is 13.0. The molecule has 0 saturated carbocycles. The van der Waals surface area contributed by atoms with E-state index in [1.807, 2.05) is 24.3 Å². The number of benzene rings is 1. The van der Waals surface area contributed by atoms with Crippen LogP contribution in [0.15, 0.2) is 36.5 Å². The third-order valence-corrected chi connectivity index (χ3v) is 3.29. The minimum absolute atomic E-state index is 0.0697. The molecule has 0 aliphatic heterocycles. The van der Waals surface area contributed by atoms with E-state index in [9.17, 15) is 13.2 Å². The first kappa shape index (κ1) is 17.1. The van der Waals surface area contributed by atoms with E-state index in [0.717, 1.165) is 10.9 Å². The van der Waals surface area contributed by atoms with Crippen LogP contribution in [0.5, 0.6) is 5.75 Å². The Morgan fingerprint density at radius 2 is 1.96 bits per heavy atom. The Labute approximate surface area is 140 Å². The number of aromatic nitrogens is 5. The Morgan fingerprint density at radius 3 is 2.80 bits per heavy atom. The molecule has 1 aromatic carbocycles. The number of rotatable bonds is 7. The van der Waals surface area contributed by atoms with Crippen LogP contribution < -0.4 is 4.74 Å². The number of hydrogen-bond acceptors (Lipinski definition) is 6. The summed E-state index contributed by atoms with van der Waals surface area (Å²) >= 11 is 0. The Hall–Kier alpha value is -2.75. The van der Waals surface area contributed by atoms with Gasteiger partial charge in [-0.25, -0.2) is 4.68 Å². The van der Waals surface area contributed by atoms with Gasteiger partial charge in [-0.2, -0.15) is 13.2 Å². The number of fused-ring (bicyclic) bond motifs is 1. The summed E-state index contributed by atoms with van der Waals surface area (Å²) in [5.41, 5.74) is 0.792. The van der Waals surface area contributed by atoms with Crippen molar-refractivity contribution in [2.24, 2.45) is 0 Å². The number of pyridine rings is 1. The molecule has 0 saturated heterocycles. The zero-order chi connectivity index (χ0) is 17.7. The highest BCUT2D eigenvalue weighted by atomic mass is 19.4. The highest BCUT2D eigenvalue weighted by Gasteiger charge is 2.27. The van der Waals surface area contributed by atoms with Crippen molar-refractivity contribution in [2.45, 2.75) is 19.3 Å². The van der Waals surface area contributed by atoms with E-state index < -0.39 is 12.8 Å². The maximum absolute atomic E-state index is 12.0. The Balaban J connectivity index is 1.60. The van der Waals surface area contributed by atoms with Crippen molar-refractivity contribution in [3.05, 3.63) is 42.4 Å². The SMILES string of the molecule is FC(F)(F)COCCn1nnnc1COc1ccnc2ccccc12. The minimum Gasteiger partial charge on any atom is -0.485 e. The van der Waals surface area contributed by atoms with Gasteiger partial charge in [0.15, 0.2) is 5.82 Å². The van der Waals surface area contributed by atoms with Crippen LogP contribution in [-0.2, 0) is 17.9 Å². The van der Waals surface area contributed by atoms with E-state index in [1.165, 1.54) is 4.68 Å². The molecular formula is C15H14F3N5O2. The summed E-state index contributed by atoms with van der Waals surface area (Å²) in [6.07, 6.45) is -2.72. The lowest BCUT2D eigenvalue weighted by molar-refractivity contribution is -0.174. The fraction of sp³-hybridized carbons (Fsp3) is 0.333. The fourth-order valence-electron chi connectivity index (χ4n) is 2.18. The van der Waals surface area contributed by atoms with Gasteiger partial charge in [-0.1, -0.05) is 12.1 Å². The standard InChI is InChI=1S/C15H14F3N5O2/c16-15(17,18)10-24-8-7-23-14(20-21-22-23)9-25-13-5-6-19-12-4-2-1-3-11(12)13/h1-6H,7-10H2. The summed E-state index contributed by atoms with van der Waals surface area (Å²) in [6, 6.07) is 9.22. The Bertz CT molecular complexity index is 832. The van der Waals surface area contributed by atoms with Gasteiger partial charge in [0.2, 0.25) is 0 Å². The lowest BCUT2D eigenvalue weighted by Gasteiger charge is -2.10. The number of hydrogen-bond donors (Lipinski definition) is 0. The van der Waals surface area contributed by atoms with Crippen LogP contribution in [0.3, 0.4) is 0 Å². The average Bonchev–Trinajstić information content (AvgIpc) is 3.03. The number of nitrogens with zero attached hydrogens (tertiary/aromatic N) is 5. The molecule has 0 atom stereocenters. The molecular weight excluding hydrogens is 339 g/mol. The van der Waals surface area contributed by atoms with Gasteiger partial charge in [-0.15, -0.1) is 5.10 Å². The first-order valence-electron chi connectivity index (χ1n) is 7.39. The molecule has 0 N–H and O–H groups in total. The van der Waals surface area contributed by atoms with Crippen molar-refractivity contribution in [1.29, 1.82) is 0 Å². The van der Waals surface area contributed by atoms with Gasteiger partial charge in [0, 0.05) is 11.6 Å². The molecule has 0 bridgehead atoms. The predicted octanol–water partition coefficient (Wildman–Crippen LogP) is 2.38. The molecule has 0 amide bonds. The van der Waals surface area contributed by atoms with Gasteiger partial charge in [0.05, 0.1) is 18.7 Å². The second-order valence-corrected chi connectivity index (χ2v) is 5.10. The molecule has 0 spiro atoms. The lowest BCUT2D eigenvalue weighted by atomic mass is 10.2. The zero-order valence-corrected chi connectivity index (χ0v) is 13.0. The van der Waals surface area contributed by atoms with Crippen LogP contribution in [0.2, 0.25) is 0 Å². The number of halogens is 3. The first-order chi connectivity index (χ1) is 12.0. The normalized spacial score (nSPS) is 11.8. The Morgan fingerprint density at radius 1 is 1.12 bits per heavy atom. The third-order valence-electron chi connectivity index (χ3n) is 3.29. The molecule has 0 fully saturated rings. The molecule has 2 heterocycles. The van der Waals surface area contributed by atoms with Gasteiger partial charge in [-0.05, 0) is 28.6 Å². The van der Waals surface area contributed by atoms with Gasteiger partial charge < -0.3 is 9.47 Å². The van der Waals surface area contributed by atoms with Crippen LogP contribution in [0.1, 0.15) is 5.82 Å². The van der Waals surface area contributed by atoms with Crippen molar-refractivity contribution in [3.8, 4) is 5.75 Å². The molecule has 3 aromatic rings. The number of alkyl halides is 3. The van der Waals surface area contributed by atoms with E-state index >= 15 is 0 Å². The van der Waals surface area contributed by atoms with Crippen LogP contribution in [0, 0.1) is 0 Å². The van der Waals surface area contributed by atoms with Crippen molar-refractivity contribution < 1.29 is 22.6 Å². The van der Waals surface area contributed by atoms with Gasteiger partial charge >= 0.3 is 6.18 Å². The van der Waals surface area contributed by atoms with Crippen LogP contribution in [0.4, 0.5) is 13.2 Å². The highest BCUT2D eigenvalue weighted by molar-refractivity contribution is 5.84. The second kappa shape index (κ2) is 7.43. The van der Waals surface area contributed by atoms with Gasteiger partial charge in [-0.3, -0.25) is 4.98 Å². The molecule has 0 aliphatic carbocycles. The summed E-state index contributed by atoms with van der Waals surface area (Å²) in [5, 5.41) is 11.9. The molecule has 7 nitrogen and oxygen atoms in total. The number of para-hydroxylation sites is 1. The number of tetrazole rings is 1. The van der Waals surface area contributed by atoms with E-state index in [0.29, 0.717) is 11.6 Å². The Kier molecular flexibility index (Phi) is 5.08. The minimum atomic E-state index is -4.35. The maximum Gasteiger partial charge on any atom is 0.411 e. The average molecular weight is 353 g/mol. The molecule has 10 heteroatoms. The van der Waals surface area contributed by atoms with Crippen LogP contribution in [0.25, 0.3) is 10.9 Å². The van der Waals surface area contributed by atoms with E-state index in [1.54, 1.807) is 12.3 Å². The van der Waals surface area contributed by atoms with Gasteiger partial charge in [0.25, 0.3) is 0 Å². The lowest BCUT2D eigenvalue weighted by Crippen LogP contribution is -2.20. The predicted molar refractivity (Wildman–Crippen MR) is 80.8 cm³/mol. The monoisotopic (exact) mass is 353 g/mol. The molecule has 3 rings (SSSR count). The largest absolute Gasteiger partial charge is 0.485 e. The quantitative estimate of drug-likeness (QED) is 0.607. The summed E-state index contributed by atoms with van der Waals surface area (Å²) < 4.78 is 47.8. The van der Waals surface area contributed by atoms with Gasteiger partial charge in [0.1, 0.15) is 19.0 Å².